The highest BCUT2D eigenvalue weighted by Crippen LogP contribution is 2.29. The second-order valence-electron chi connectivity index (χ2n) is 8.58. The summed E-state index contributed by atoms with van der Waals surface area (Å²) in [4.78, 5) is 4.56. The second kappa shape index (κ2) is 10.1. The molecule has 10 heteroatoms. The van der Waals surface area contributed by atoms with Crippen LogP contribution in [-0.4, -0.2) is 39.3 Å². The molecule has 0 aliphatic carbocycles. The number of nitrogens with one attached hydrogen (secondary N) is 1. The number of aryl methyl sites for hydroxylation is 1. The van der Waals surface area contributed by atoms with E-state index in [1.165, 1.54) is 12.1 Å². The van der Waals surface area contributed by atoms with Crippen LogP contribution in [0.15, 0.2) is 90.3 Å². The number of para-hydroxylation sites is 1. The molecule has 6 nitrogen and oxygen atoms in total. The summed E-state index contributed by atoms with van der Waals surface area (Å²) >= 11 is 5.47. The third-order valence-corrected chi connectivity index (χ3v) is 6.33. The zero-order chi connectivity index (χ0) is 26.9. The molecule has 1 N–H and O–H groups in total. The molecule has 1 aromatic heterocycles. The van der Waals surface area contributed by atoms with Gasteiger partial charge < -0.3 is 10.1 Å². The van der Waals surface area contributed by atoms with Crippen molar-refractivity contribution in [3.05, 3.63) is 96.3 Å². The summed E-state index contributed by atoms with van der Waals surface area (Å²) in [6.45, 7) is 2.01. The Morgan fingerprint density at radius 1 is 1.05 bits per heavy atom. The Morgan fingerprint density at radius 2 is 1.82 bits per heavy atom. The van der Waals surface area contributed by atoms with Gasteiger partial charge in [-0.1, -0.05) is 36.4 Å². The maximum Gasteiger partial charge on any atom is 0.573 e. The van der Waals surface area contributed by atoms with Gasteiger partial charge in [0.25, 0.3) is 0 Å². The first-order valence-corrected chi connectivity index (χ1v) is 12.0. The topological polar surface area (TPSA) is 54.7 Å². The van der Waals surface area contributed by atoms with Gasteiger partial charge in [0.15, 0.2) is 5.11 Å². The summed E-state index contributed by atoms with van der Waals surface area (Å²) in [6, 6.07) is 23.4. The number of halogens is 3. The predicted molar refractivity (Wildman–Crippen MR) is 148 cm³/mol. The van der Waals surface area contributed by atoms with Crippen molar-refractivity contribution in [3.8, 4) is 11.4 Å². The number of nitrogens with zero attached hydrogens (tertiary/aromatic N) is 4. The lowest BCUT2D eigenvalue weighted by atomic mass is 10.1. The second-order valence-corrected chi connectivity index (χ2v) is 8.97. The number of hydrazone groups is 1. The average Bonchev–Trinajstić information content (AvgIpc) is 3.32. The van der Waals surface area contributed by atoms with Gasteiger partial charge in [-0.15, -0.1) is 13.2 Å². The standard InChI is InChI=1S/C28H22F3N5OS/c1-18-5-3-4-6-24(18)34-27(38)35(2)33-16-19-7-13-23-20(15-19)8-14-25-26(23)32-17-36(25)21-9-11-22(12-10-21)37-28(29,30)31/h3-17H,1-2H3,(H,34,38). The highest BCUT2D eigenvalue weighted by Gasteiger charge is 2.31. The zero-order valence-electron chi connectivity index (χ0n) is 20.4. The van der Waals surface area contributed by atoms with Crippen LogP contribution in [0.1, 0.15) is 11.1 Å². The molecule has 0 aliphatic rings. The van der Waals surface area contributed by atoms with Crippen LogP contribution < -0.4 is 10.1 Å². The van der Waals surface area contributed by atoms with Gasteiger partial charge in [-0.2, -0.15) is 5.10 Å². The number of hydrogen-bond acceptors (Lipinski definition) is 4. The minimum atomic E-state index is -4.73. The van der Waals surface area contributed by atoms with Crippen LogP contribution in [0.5, 0.6) is 5.75 Å². The summed E-state index contributed by atoms with van der Waals surface area (Å²) in [5.74, 6) is -0.275. The smallest absolute Gasteiger partial charge is 0.406 e. The Balaban J connectivity index is 1.35. The monoisotopic (exact) mass is 533 g/mol. The molecule has 5 rings (SSSR count). The number of aromatic nitrogens is 2. The highest BCUT2D eigenvalue weighted by molar-refractivity contribution is 7.80. The van der Waals surface area contributed by atoms with Gasteiger partial charge >= 0.3 is 6.36 Å². The highest BCUT2D eigenvalue weighted by atomic mass is 32.1. The molecule has 0 unspecified atom stereocenters. The molecule has 0 bridgehead atoms. The van der Waals surface area contributed by atoms with E-state index < -0.39 is 6.36 Å². The third-order valence-electron chi connectivity index (χ3n) is 5.97. The van der Waals surface area contributed by atoms with Crippen LogP contribution in [0.3, 0.4) is 0 Å². The minimum Gasteiger partial charge on any atom is -0.406 e. The number of anilines is 1. The van der Waals surface area contributed by atoms with E-state index in [0.717, 1.165) is 38.6 Å². The fourth-order valence-electron chi connectivity index (χ4n) is 4.04. The number of hydrogen-bond donors (Lipinski definition) is 1. The molecule has 38 heavy (non-hydrogen) atoms. The van der Waals surface area contributed by atoms with Gasteiger partial charge in [-0.25, -0.2) is 9.99 Å². The van der Waals surface area contributed by atoms with Crippen molar-refractivity contribution < 1.29 is 17.9 Å². The molecule has 0 spiro atoms. The van der Waals surface area contributed by atoms with E-state index >= 15 is 0 Å². The molecule has 192 valence electrons. The molecule has 1 heterocycles. The normalized spacial score (nSPS) is 11.8. The van der Waals surface area contributed by atoms with Gasteiger partial charge in [0.1, 0.15) is 12.1 Å². The Hall–Kier alpha value is -4.44. The van der Waals surface area contributed by atoms with E-state index in [4.69, 9.17) is 12.2 Å². The van der Waals surface area contributed by atoms with E-state index in [-0.39, 0.29) is 5.75 Å². The summed E-state index contributed by atoms with van der Waals surface area (Å²) in [6.07, 6.45) is -1.35. The maximum absolute atomic E-state index is 12.5. The number of thiocarbonyl (C=S) groups is 1. The van der Waals surface area contributed by atoms with Gasteiger partial charge in [-0.05, 0) is 78.1 Å². The number of imidazole rings is 1. The van der Waals surface area contributed by atoms with Crippen LogP contribution >= 0.6 is 12.2 Å². The molecule has 0 fully saturated rings. The Bertz CT molecular complexity index is 1660. The summed E-state index contributed by atoms with van der Waals surface area (Å²) in [5.41, 5.74) is 5.19. The number of alkyl halides is 3. The van der Waals surface area contributed by atoms with E-state index in [2.05, 4.69) is 20.1 Å². The van der Waals surface area contributed by atoms with Crippen molar-refractivity contribution in [2.45, 2.75) is 13.3 Å². The Morgan fingerprint density at radius 3 is 2.55 bits per heavy atom. The molecule has 0 aliphatic heterocycles. The third kappa shape index (κ3) is 5.45. The SMILES string of the molecule is Cc1ccccc1NC(=S)N(C)N=Cc1ccc2c(ccc3c2ncn3-c2ccc(OC(F)(F)F)cc2)c1. The lowest BCUT2D eigenvalue weighted by molar-refractivity contribution is -0.274. The number of benzene rings is 4. The fraction of sp³-hybridized carbons (Fsp3) is 0.107. The van der Waals surface area contributed by atoms with Gasteiger partial charge in [-0.3, -0.25) is 4.57 Å². The quantitative estimate of drug-likeness (QED) is 0.149. The average molecular weight is 534 g/mol. The lowest BCUT2D eigenvalue weighted by Crippen LogP contribution is -2.27. The molecule has 5 aromatic rings. The molecule has 4 aromatic carbocycles. The number of rotatable bonds is 5. The molecule has 0 atom stereocenters. The Kier molecular flexibility index (Phi) is 6.73. The van der Waals surface area contributed by atoms with Crippen LogP contribution in [0.2, 0.25) is 0 Å². The summed E-state index contributed by atoms with van der Waals surface area (Å²) < 4.78 is 43.2. The van der Waals surface area contributed by atoms with Crippen molar-refractivity contribution in [2.75, 3.05) is 12.4 Å². The molecule has 0 radical (unpaired) electrons. The first-order valence-electron chi connectivity index (χ1n) is 11.6. The molecule has 0 saturated carbocycles. The van der Waals surface area contributed by atoms with Crippen molar-refractivity contribution in [1.82, 2.24) is 14.6 Å². The fourth-order valence-corrected chi connectivity index (χ4v) is 4.19. The van der Waals surface area contributed by atoms with E-state index in [1.807, 2.05) is 66.1 Å². The van der Waals surface area contributed by atoms with Crippen molar-refractivity contribution >= 4 is 51.0 Å². The minimum absolute atomic E-state index is 0.275. The molecular formula is C28H22F3N5OS. The number of fused-ring (bicyclic) bond motifs is 3. The van der Waals surface area contributed by atoms with Crippen molar-refractivity contribution in [2.24, 2.45) is 5.10 Å². The van der Waals surface area contributed by atoms with Crippen molar-refractivity contribution in [1.29, 1.82) is 0 Å². The Labute approximate surface area is 222 Å². The van der Waals surface area contributed by atoms with Crippen molar-refractivity contribution in [3.63, 3.8) is 0 Å². The van der Waals surface area contributed by atoms with E-state index in [0.29, 0.717) is 10.8 Å². The van der Waals surface area contributed by atoms with Crippen LogP contribution in [-0.2, 0) is 0 Å². The molecule has 0 amide bonds. The summed E-state index contributed by atoms with van der Waals surface area (Å²) in [5, 5.41) is 11.7. The predicted octanol–water partition coefficient (Wildman–Crippen LogP) is 7.05. The van der Waals surface area contributed by atoms with Crippen LogP contribution in [0.25, 0.3) is 27.5 Å². The van der Waals surface area contributed by atoms with Gasteiger partial charge in [0.2, 0.25) is 0 Å². The zero-order valence-corrected chi connectivity index (χ0v) is 21.2. The van der Waals surface area contributed by atoms with Gasteiger partial charge in [0, 0.05) is 23.8 Å². The first-order chi connectivity index (χ1) is 18.2. The van der Waals surface area contributed by atoms with E-state index in [1.54, 1.807) is 36.7 Å². The molecule has 0 saturated heterocycles. The summed E-state index contributed by atoms with van der Waals surface area (Å²) in [7, 11) is 1.78. The largest absolute Gasteiger partial charge is 0.573 e. The van der Waals surface area contributed by atoms with Gasteiger partial charge in [0.05, 0.1) is 17.2 Å². The van der Waals surface area contributed by atoms with Crippen LogP contribution in [0, 0.1) is 6.92 Å². The number of ether oxygens (including phenoxy) is 1. The lowest BCUT2D eigenvalue weighted by Gasteiger charge is -2.16. The molecular weight excluding hydrogens is 511 g/mol. The maximum atomic E-state index is 12.5. The first kappa shape index (κ1) is 25.2. The van der Waals surface area contributed by atoms with E-state index in [9.17, 15) is 13.2 Å². The van der Waals surface area contributed by atoms with Crippen LogP contribution in [0.4, 0.5) is 18.9 Å².